The molecule has 0 heterocycles. The van der Waals surface area contributed by atoms with Gasteiger partial charge in [-0.25, -0.2) is 9.59 Å². The topological polar surface area (TPSA) is 354 Å². The molecule has 0 aliphatic rings. The van der Waals surface area contributed by atoms with Gasteiger partial charge in [0.2, 0.25) is 23.6 Å². The zero-order valence-corrected chi connectivity index (χ0v) is 46.6. The van der Waals surface area contributed by atoms with Crippen molar-refractivity contribution in [2.24, 2.45) is 11.8 Å². The Morgan fingerprint density at radius 3 is 1.40 bits per heavy atom. The maximum Gasteiger partial charge on any atom is 0.326 e. The number of aliphatic carboxylic acids is 4. The number of carboxylic acids is 4. The Hall–Kier alpha value is -5.39. The number of ether oxygens (including phenoxy) is 4. The number of hydrogen-bond donors (Lipinski definition) is 8. The summed E-state index contributed by atoms with van der Waals surface area (Å²) in [6, 6.07) is -2.51. The SMILES string of the molecule is CC(=O)[C@@H](C)CCCCNC(=O)CC[C@H](NC(=O)CC[C@H](CC(=O)COCCOCCNC(=O)COCCOCCCC(=O)CC[C@H](NC(=O)CCCCCCCCCCCCCCCCC(=O)O)C(=O)O)C(=O)O)C(=O)O. The van der Waals surface area contributed by atoms with Gasteiger partial charge in [-0.2, -0.15) is 0 Å². The van der Waals surface area contributed by atoms with Crippen molar-refractivity contribution in [1.29, 1.82) is 0 Å². The molecule has 0 aromatic heterocycles. The van der Waals surface area contributed by atoms with E-state index in [9.17, 15) is 68.1 Å². The summed E-state index contributed by atoms with van der Waals surface area (Å²) in [5.41, 5.74) is 0. The molecule has 0 saturated carbocycles. The summed E-state index contributed by atoms with van der Waals surface area (Å²) in [6.07, 6.45) is 16.7. The molecule has 0 saturated heterocycles. The maximum atomic E-state index is 12.5. The van der Waals surface area contributed by atoms with Gasteiger partial charge in [0.05, 0.1) is 39.0 Å². The van der Waals surface area contributed by atoms with E-state index < -0.39 is 78.4 Å². The average Bonchev–Trinajstić information content (AvgIpc) is 3.38. The molecule has 0 aliphatic carbocycles. The van der Waals surface area contributed by atoms with Crippen molar-refractivity contribution in [1.82, 2.24) is 21.3 Å². The van der Waals surface area contributed by atoms with Crippen LogP contribution in [0.2, 0.25) is 0 Å². The van der Waals surface area contributed by atoms with Gasteiger partial charge < -0.3 is 60.6 Å². The minimum absolute atomic E-state index is 0.000744. The molecule has 23 heteroatoms. The minimum Gasteiger partial charge on any atom is -0.481 e. The maximum absolute atomic E-state index is 12.5. The molecule has 8 N–H and O–H groups in total. The molecular formula is C55H94N4O19. The Morgan fingerprint density at radius 1 is 0.385 bits per heavy atom. The first-order valence-electron chi connectivity index (χ1n) is 28.2. The molecule has 78 heavy (non-hydrogen) atoms. The lowest BCUT2D eigenvalue weighted by molar-refractivity contribution is -0.145. The minimum atomic E-state index is -1.37. The molecular weight excluding hydrogens is 1020 g/mol. The molecule has 4 atom stereocenters. The van der Waals surface area contributed by atoms with Gasteiger partial charge in [-0.1, -0.05) is 90.4 Å². The highest BCUT2D eigenvalue weighted by Crippen LogP contribution is 2.16. The fourth-order valence-corrected chi connectivity index (χ4v) is 7.96. The van der Waals surface area contributed by atoms with Crippen molar-refractivity contribution in [3.8, 4) is 0 Å². The van der Waals surface area contributed by atoms with Crippen LogP contribution in [0.5, 0.6) is 0 Å². The van der Waals surface area contributed by atoms with E-state index in [0.29, 0.717) is 32.2 Å². The first-order chi connectivity index (χ1) is 37.3. The highest BCUT2D eigenvalue weighted by atomic mass is 16.5. The Bertz CT molecular complexity index is 1760. The third kappa shape index (κ3) is 45.6. The normalized spacial score (nSPS) is 12.6. The predicted molar refractivity (Wildman–Crippen MR) is 286 cm³/mol. The van der Waals surface area contributed by atoms with Crippen LogP contribution in [0, 0.1) is 11.8 Å². The second kappa shape index (κ2) is 48.7. The van der Waals surface area contributed by atoms with Gasteiger partial charge in [0.15, 0.2) is 5.78 Å². The number of carbonyl (C=O) groups is 11. The third-order valence-corrected chi connectivity index (χ3v) is 12.9. The Kier molecular flexibility index (Phi) is 45.3. The number of nitrogens with one attached hydrogen (secondary N) is 4. The molecule has 4 amide bonds. The Labute approximate surface area is 460 Å². The van der Waals surface area contributed by atoms with Crippen LogP contribution in [0.15, 0.2) is 0 Å². The lowest BCUT2D eigenvalue weighted by Gasteiger charge is -2.16. The van der Waals surface area contributed by atoms with Crippen LogP contribution >= 0.6 is 0 Å². The highest BCUT2D eigenvalue weighted by Gasteiger charge is 2.26. The van der Waals surface area contributed by atoms with E-state index >= 15 is 0 Å². The number of amides is 4. The van der Waals surface area contributed by atoms with Gasteiger partial charge >= 0.3 is 23.9 Å². The first kappa shape index (κ1) is 72.6. The van der Waals surface area contributed by atoms with Crippen LogP contribution in [0.1, 0.15) is 194 Å². The predicted octanol–water partition coefficient (Wildman–Crippen LogP) is 5.50. The summed E-state index contributed by atoms with van der Waals surface area (Å²) in [7, 11) is 0. The lowest BCUT2D eigenvalue weighted by Crippen LogP contribution is -2.42. The number of Topliss-reactive ketones (excluding diaryl/α,β-unsaturated/α-hetero) is 3. The van der Waals surface area contributed by atoms with Gasteiger partial charge in [-0.3, -0.25) is 43.2 Å². The molecule has 0 radical (unpaired) electrons. The molecule has 0 rings (SSSR count). The van der Waals surface area contributed by atoms with E-state index in [1.54, 1.807) is 0 Å². The van der Waals surface area contributed by atoms with Gasteiger partial charge in [-0.15, -0.1) is 0 Å². The van der Waals surface area contributed by atoms with Crippen molar-refractivity contribution in [3.05, 3.63) is 0 Å². The number of unbranched alkanes of at least 4 members (excludes halogenated alkanes) is 14. The molecule has 0 spiro atoms. The summed E-state index contributed by atoms with van der Waals surface area (Å²) in [6.45, 7) is 4.04. The van der Waals surface area contributed by atoms with E-state index in [0.717, 1.165) is 57.8 Å². The fourth-order valence-electron chi connectivity index (χ4n) is 7.96. The van der Waals surface area contributed by atoms with E-state index in [1.807, 2.05) is 6.92 Å². The Balaban J connectivity index is 3.95. The molecule has 0 aromatic rings. The molecule has 23 nitrogen and oxygen atoms in total. The number of carbonyl (C=O) groups excluding carboxylic acids is 7. The van der Waals surface area contributed by atoms with E-state index in [-0.39, 0.29) is 134 Å². The summed E-state index contributed by atoms with van der Waals surface area (Å²) in [5.74, 6) is -8.29. The van der Waals surface area contributed by atoms with Crippen LogP contribution < -0.4 is 21.3 Å². The highest BCUT2D eigenvalue weighted by molar-refractivity contribution is 5.87. The van der Waals surface area contributed by atoms with Crippen molar-refractivity contribution < 1.29 is 92.1 Å². The largest absolute Gasteiger partial charge is 0.481 e. The zero-order valence-electron chi connectivity index (χ0n) is 46.6. The van der Waals surface area contributed by atoms with Crippen LogP contribution in [0.3, 0.4) is 0 Å². The quantitative estimate of drug-likeness (QED) is 0.0349. The van der Waals surface area contributed by atoms with E-state index in [1.165, 1.54) is 39.0 Å². The summed E-state index contributed by atoms with van der Waals surface area (Å²) in [5, 5.41) is 47.5. The molecule has 0 bridgehead atoms. The standard InChI is InChI=1S/C55H94N4O19/c1-41(42(2)60)20-17-18-30-56-48(63)29-27-47(55(73)74)59-50(65)28-24-43(53(69)70)38-45(62)39-77-36-35-76-33-31-57-51(66)40-78-37-34-75-32-19-21-44(61)25-26-46(54(71)72)58-49(64)22-15-13-11-9-7-5-3-4-6-8-10-12-14-16-23-52(67)68/h41,43,46-47H,3-40H2,1-2H3,(H,56,63)(H,57,66)(H,58,64)(H,59,65)(H,67,68)(H,69,70)(H,71,72)(H,73,74)/t41-,43+,46-,47-/m0/s1. The first-order valence-corrected chi connectivity index (χ1v) is 28.2. The van der Waals surface area contributed by atoms with Crippen LogP contribution in [-0.4, -0.2) is 163 Å². The smallest absolute Gasteiger partial charge is 0.326 e. The van der Waals surface area contributed by atoms with Gasteiger partial charge in [0.25, 0.3) is 0 Å². The number of rotatable bonds is 56. The third-order valence-electron chi connectivity index (χ3n) is 12.9. The van der Waals surface area contributed by atoms with E-state index in [2.05, 4.69) is 21.3 Å². The molecule has 0 fully saturated rings. The van der Waals surface area contributed by atoms with Crippen molar-refractivity contribution in [2.75, 3.05) is 65.9 Å². The van der Waals surface area contributed by atoms with Gasteiger partial charge in [-0.05, 0) is 58.3 Å². The summed E-state index contributed by atoms with van der Waals surface area (Å²) in [4.78, 5) is 131. The molecule has 448 valence electrons. The number of ketones is 3. The van der Waals surface area contributed by atoms with E-state index in [4.69, 9.17) is 24.1 Å². The number of hydrogen-bond acceptors (Lipinski definition) is 15. The van der Waals surface area contributed by atoms with Gasteiger partial charge in [0.1, 0.15) is 36.9 Å². The van der Waals surface area contributed by atoms with Gasteiger partial charge in [0, 0.05) is 70.6 Å². The summed E-state index contributed by atoms with van der Waals surface area (Å²) < 4.78 is 21.4. The fraction of sp³-hybridized carbons (Fsp3) is 0.800. The number of carboxylic acid groups (broad SMARTS) is 4. The van der Waals surface area contributed by atoms with Crippen LogP contribution in [0.4, 0.5) is 0 Å². The molecule has 0 unspecified atom stereocenters. The van der Waals surface area contributed by atoms with Crippen molar-refractivity contribution in [2.45, 2.75) is 206 Å². The Morgan fingerprint density at radius 2 is 0.859 bits per heavy atom. The van der Waals surface area contributed by atoms with Crippen LogP contribution in [-0.2, 0) is 71.7 Å². The zero-order chi connectivity index (χ0) is 58.2. The average molecular weight is 1120 g/mol. The summed E-state index contributed by atoms with van der Waals surface area (Å²) >= 11 is 0. The monoisotopic (exact) mass is 1110 g/mol. The van der Waals surface area contributed by atoms with Crippen LogP contribution in [0.25, 0.3) is 0 Å². The lowest BCUT2D eigenvalue weighted by atomic mass is 9.97. The molecule has 0 aromatic carbocycles. The second-order valence-electron chi connectivity index (χ2n) is 19.8. The second-order valence-corrected chi connectivity index (χ2v) is 19.8. The molecule has 0 aliphatic heterocycles. The van der Waals surface area contributed by atoms with Crippen molar-refractivity contribution in [3.63, 3.8) is 0 Å². The van der Waals surface area contributed by atoms with Crippen molar-refractivity contribution >= 4 is 64.9 Å².